The molecule has 0 aromatic heterocycles. The van der Waals surface area contributed by atoms with Crippen LogP contribution in [0.15, 0.2) is 43.0 Å². The monoisotopic (exact) mass is 260 g/mol. The second-order valence-electron chi connectivity index (χ2n) is 5.34. The highest BCUT2D eigenvalue weighted by atomic mass is 16.3. The number of rotatable bonds is 10. The van der Waals surface area contributed by atoms with Crippen molar-refractivity contribution in [3.05, 3.63) is 48.6 Å². The number of aliphatic hydroxyl groups excluding tert-OH is 1. The van der Waals surface area contributed by atoms with Crippen molar-refractivity contribution in [1.82, 2.24) is 0 Å². The molecule has 0 aliphatic carbocycles. The van der Waals surface area contributed by atoms with Gasteiger partial charge in [0, 0.05) is 5.92 Å². The zero-order chi connectivity index (χ0) is 13.9. The van der Waals surface area contributed by atoms with Gasteiger partial charge in [0.1, 0.15) is 0 Å². The maximum absolute atomic E-state index is 10.3. The Bertz CT molecular complexity index is 331. The smallest absolute Gasteiger partial charge is 0.0605 e. The molecule has 0 heterocycles. The summed E-state index contributed by atoms with van der Waals surface area (Å²) in [5.74, 6) is 0.251. The molecule has 0 bridgehead atoms. The molecule has 0 fully saturated rings. The standard InChI is InChI=1S/C18H28O/c1-3-5-6-10-13-17(4-2)18(19)15-14-16-11-8-7-9-12-16/h4,7-9,11-12,17-19H,2-3,5-6,10,13-15H2,1H3/t17-,18-/m0/s1. The van der Waals surface area contributed by atoms with Crippen molar-refractivity contribution < 1.29 is 5.11 Å². The van der Waals surface area contributed by atoms with Gasteiger partial charge in [-0.05, 0) is 24.8 Å². The highest BCUT2D eigenvalue weighted by Crippen LogP contribution is 2.19. The molecule has 1 aromatic carbocycles. The van der Waals surface area contributed by atoms with Crippen LogP contribution in [0.2, 0.25) is 0 Å². The van der Waals surface area contributed by atoms with Gasteiger partial charge in [-0.3, -0.25) is 0 Å². The van der Waals surface area contributed by atoms with E-state index >= 15 is 0 Å². The molecule has 1 heteroatoms. The Hall–Kier alpha value is -1.08. The average molecular weight is 260 g/mol. The molecule has 19 heavy (non-hydrogen) atoms. The van der Waals surface area contributed by atoms with Crippen molar-refractivity contribution in [3.63, 3.8) is 0 Å². The Labute approximate surface area is 118 Å². The van der Waals surface area contributed by atoms with E-state index in [0.717, 1.165) is 19.3 Å². The van der Waals surface area contributed by atoms with E-state index < -0.39 is 0 Å². The van der Waals surface area contributed by atoms with Gasteiger partial charge < -0.3 is 5.11 Å². The lowest BCUT2D eigenvalue weighted by atomic mass is 9.91. The summed E-state index contributed by atoms with van der Waals surface area (Å²) in [5, 5.41) is 10.3. The summed E-state index contributed by atoms with van der Waals surface area (Å²) in [6.07, 6.45) is 9.55. The number of aryl methyl sites for hydroxylation is 1. The lowest BCUT2D eigenvalue weighted by molar-refractivity contribution is 0.115. The van der Waals surface area contributed by atoms with Crippen LogP contribution in [-0.2, 0) is 6.42 Å². The molecular weight excluding hydrogens is 232 g/mol. The van der Waals surface area contributed by atoms with Gasteiger partial charge in [-0.1, -0.05) is 69.0 Å². The predicted octanol–water partition coefficient (Wildman–Crippen LogP) is 4.75. The third kappa shape index (κ3) is 6.58. The average Bonchev–Trinajstić information content (AvgIpc) is 2.46. The third-order valence-corrected chi connectivity index (χ3v) is 3.76. The van der Waals surface area contributed by atoms with Gasteiger partial charge in [-0.15, -0.1) is 6.58 Å². The molecule has 1 rings (SSSR count). The molecular formula is C18H28O. The van der Waals surface area contributed by atoms with Gasteiger partial charge in [0.2, 0.25) is 0 Å². The molecule has 0 aliphatic heterocycles. The molecule has 1 aromatic rings. The number of hydrogen-bond donors (Lipinski definition) is 1. The lowest BCUT2D eigenvalue weighted by Gasteiger charge is -2.19. The zero-order valence-electron chi connectivity index (χ0n) is 12.2. The van der Waals surface area contributed by atoms with Crippen LogP contribution in [0.4, 0.5) is 0 Å². The fraction of sp³-hybridized carbons (Fsp3) is 0.556. The second-order valence-corrected chi connectivity index (χ2v) is 5.34. The minimum atomic E-state index is -0.251. The molecule has 1 nitrogen and oxygen atoms in total. The van der Waals surface area contributed by atoms with E-state index in [9.17, 15) is 5.11 Å². The number of hydrogen-bond acceptors (Lipinski definition) is 1. The molecule has 106 valence electrons. The molecule has 0 spiro atoms. The number of unbranched alkanes of at least 4 members (excludes halogenated alkanes) is 3. The number of aliphatic hydroxyl groups is 1. The Balaban J connectivity index is 2.28. The first-order valence-electron chi connectivity index (χ1n) is 7.62. The third-order valence-electron chi connectivity index (χ3n) is 3.76. The van der Waals surface area contributed by atoms with Crippen LogP contribution in [0.5, 0.6) is 0 Å². The van der Waals surface area contributed by atoms with Crippen LogP contribution in [0.1, 0.15) is 51.0 Å². The topological polar surface area (TPSA) is 20.2 Å². The fourth-order valence-corrected chi connectivity index (χ4v) is 2.45. The Morgan fingerprint density at radius 3 is 2.47 bits per heavy atom. The van der Waals surface area contributed by atoms with Gasteiger partial charge in [0.05, 0.1) is 6.10 Å². The van der Waals surface area contributed by atoms with Gasteiger partial charge in [-0.25, -0.2) is 0 Å². The Morgan fingerprint density at radius 2 is 1.84 bits per heavy atom. The molecule has 0 radical (unpaired) electrons. The van der Waals surface area contributed by atoms with E-state index in [-0.39, 0.29) is 12.0 Å². The number of benzene rings is 1. The summed E-state index contributed by atoms with van der Waals surface area (Å²) in [6, 6.07) is 10.4. The summed E-state index contributed by atoms with van der Waals surface area (Å²) in [4.78, 5) is 0. The summed E-state index contributed by atoms with van der Waals surface area (Å²) >= 11 is 0. The highest BCUT2D eigenvalue weighted by molar-refractivity contribution is 5.14. The summed E-state index contributed by atoms with van der Waals surface area (Å²) < 4.78 is 0. The molecule has 1 N–H and O–H groups in total. The van der Waals surface area contributed by atoms with Gasteiger partial charge in [0.15, 0.2) is 0 Å². The van der Waals surface area contributed by atoms with Crippen molar-refractivity contribution in [1.29, 1.82) is 0 Å². The van der Waals surface area contributed by atoms with Gasteiger partial charge in [0.25, 0.3) is 0 Å². The van der Waals surface area contributed by atoms with Gasteiger partial charge >= 0.3 is 0 Å². The lowest BCUT2D eigenvalue weighted by Crippen LogP contribution is -2.19. The van der Waals surface area contributed by atoms with E-state index in [2.05, 4.69) is 37.8 Å². The second kappa shape index (κ2) is 9.80. The fourth-order valence-electron chi connectivity index (χ4n) is 2.45. The van der Waals surface area contributed by atoms with Crippen LogP contribution in [-0.4, -0.2) is 11.2 Å². The zero-order valence-corrected chi connectivity index (χ0v) is 12.2. The van der Waals surface area contributed by atoms with Crippen molar-refractivity contribution in [3.8, 4) is 0 Å². The Morgan fingerprint density at radius 1 is 1.11 bits per heavy atom. The van der Waals surface area contributed by atoms with E-state index in [1.54, 1.807) is 0 Å². The largest absolute Gasteiger partial charge is 0.393 e. The SMILES string of the molecule is C=C[C@@H](CCCCCC)[C@@H](O)CCc1ccccc1. The van der Waals surface area contributed by atoms with Crippen molar-refractivity contribution in [2.75, 3.05) is 0 Å². The first-order chi connectivity index (χ1) is 9.27. The van der Waals surface area contributed by atoms with Crippen LogP contribution in [0.25, 0.3) is 0 Å². The van der Waals surface area contributed by atoms with E-state index in [1.807, 2.05) is 12.1 Å². The summed E-state index contributed by atoms with van der Waals surface area (Å²) in [6.45, 7) is 6.10. The predicted molar refractivity (Wildman–Crippen MR) is 83.2 cm³/mol. The minimum absolute atomic E-state index is 0.251. The van der Waals surface area contributed by atoms with E-state index in [0.29, 0.717) is 0 Å². The Kier molecular flexibility index (Phi) is 8.24. The first kappa shape index (κ1) is 16.0. The van der Waals surface area contributed by atoms with E-state index in [1.165, 1.54) is 31.2 Å². The normalized spacial score (nSPS) is 14.0. The van der Waals surface area contributed by atoms with Crippen LogP contribution in [0, 0.1) is 5.92 Å². The van der Waals surface area contributed by atoms with Crippen LogP contribution in [0.3, 0.4) is 0 Å². The molecule has 0 amide bonds. The quantitative estimate of drug-likeness (QED) is 0.475. The molecule has 0 saturated heterocycles. The molecule has 0 saturated carbocycles. The van der Waals surface area contributed by atoms with Crippen molar-refractivity contribution >= 4 is 0 Å². The minimum Gasteiger partial charge on any atom is -0.393 e. The summed E-state index contributed by atoms with van der Waals surface area (Å²) in [7, 11) is 0. The van der Waals surface area contributed by atoms with Crippen LogP contribution >= 0.6 is 0 Å². The molecule has 2 atom stereocenters. The van der Waals surface area contributed by atoms with Crippen molar-refractivity contribution in [2.45, 2.75) is 58.0 Å². The molecule has 0 unspecified atom stereocenters. The van der Waals surface area contributed by atoms with Crippen LogP contribution < -0.4 is 0 Å². The maximum atomic E-state index is 10.3. The maximum Gasteiger partial charge on any atom is 0.0605 e. The first-order valence-corrected chi connectivity index (χ1v) is 7.62. The van der Waals surface area contributed by atoms with Crippen molar-refractivity contribution in [2.24, 2.45) is 5.92 Å². The van der Waals surface area contributed by atoms with Gasteiger partial charge in [-0.2, -0.15) is 0 Å². The summed E-state index contributed by atoms with van der Waals surface area (Å²) in [5.41, 5.74) is 1.30. The molecule has 0 aliphatic rings. The van der Waals surface area contributed by atoms with E-state index in [4.69, 9.17) is 0 Å². The highest BCUT2D eigenvalue weighted by Gasteiger charge is 2.15.